The summed E-state index contributed by atoms with van der Waals surface area (Å²) in [5, 5.41) is 3.52. The number of methoxy groups -OCH3 is 1. The number of hydrogen-bond acceptors (Lipinski definition) is 3. The Morgan fingerprint density at radius 2 is 1.94 bits per heavy atom. The molecule has 0 bridgehead atoms. The fourth-order valence-corrected chi connectivity index (χ4v) is 1.78. The van der Waals surface area contributed by atoms with Crippen LogP contribution >= 0.6 is 0 Å². The van der Waals surface area contributed by atoms with Gasteiger partial charge < -0.3 is 14.8 Å². The fraction of sp³-hybridized carbons (Fsp3) is 0.600. The lowest BCUT2D eigenvalue weighted by Gasteiger charge is -2.19. The van der Waals surface area contributed by atoms with Crippen molar-refractivity contribution in [2.24, 2.45) is 0 Å². The summed E-state index contributed by atoms with van der Waals surface area (Å²) in [4.78, 5) is 0. The zero-order valence-corrected chi connectivity index (χ0v) is 11.5. The minimum Gasteiger partial charge on any atom is -0.385 e. The topological polar surface area (TPSA) is 30.5 Å². The van der Waals surface area contributed by atoms with Gasteiger partial charge in [0.2, 0.25) is 0 Å². The Morgan fingerprint density at radius 3 is 2.61 bits per heavy atom. The van der Waals surface area contributed by atoms with E-state index in [0.29, 0.717) is 6.61 Å². The van der Waals surface area contributed by atoms with E-state index in [-0.39, 0.29) is 6.04 Å². The van der Waals surface area contributed by atoms with Crippen LogP contribution in [0.3, 0.4) is 0 Å². The third kappa shape index (κ3) is 6.15. The zero-order valence-electron chi connectivity index (χ0n) is 11.5. The molecule has 0 amide bonds. The van der Waals surface area contributed by atoms with Crippen LogP contribution in [-0.4, -0.2) is 33.5 Å². The van der Waals surface area contributed by atoms with Crippen LogP contribution in [0, 0.1) is 0 Å². The molecule has 0 radical (unpaired) electrons. The third-order valence-corrected chi connectivity index (χ3v) is 2.76. The molecule has 1 N–H and O–H groups in total. The van der Waals surface area contributed by atoms with Gasteiger partial charge in [0, 0.05) is 20.3 Å². The molecule has 0 aliphatic carbocycles. The molecule has 1 aromatic rings. The molecule has 3 heteroatoms. The average Bonchev–Trinajstić information content (AvgIpc) is 2.43. The lowest BCUT2D eigenvalue weighted by atomic mass is 10.1. The van der Waals surface area contributed by atoms with Gasteiger partial charge in [-0.15, -0.1) is 0 Å². The van der Waals surface area contributed by atoms with Crippen molar-refractivity contribution >= 4 is 0 Å². The molecule has 3 nitrogen and oxygen atoms in total. The monoisotopic (exact) mass is 251 g/mol. The van der Waals surface area contributed by atoms with E-state index in [4.69, 9.17) is 9.47 Å². The SMILES string of the molecule is CCCNC(COCCCOC)c1ccccc1. The van der Waals surface area contributed by atoms with Crippen molar-refractivity contribution in [3.63, 3.8) is 0 Å². The normalized spacial score (nSPS) is 12.6. The Kier molecular flexibility index (Phi) is 8.47. The predicted molar refractivity (Wildman–Crippen MR) is 74.8 cm³/mol. The van der Waals surface area contributed by atoms with Crippen LogP contribution in [0.15, 0.2) is 30.3 Å². The van der Waals surface area contributed by atoms with E-state index < -0.39 is 0 Å². The predicted octanol–water partition coefficient (Wildman–Crippen LogP) is 2.78. The second-order valence-corrected chi connectivity index (χ2v) is 4.34. The van der Waals surface area contributed by atoms with Gasteiger partial charge in [0.15, 0.2) is 0 Å². The minimum atomic E-state index is 0.286. The molecule has 1 rings (SSSR count). The van der Waals surface area contributed by atoms with Gasteiger partial charge in [-0.2, -0.15) is 0 Å². The highest BCUT2D eigenvalue weighted by Gasteiger charge is 2.09. The maximum absolute atomic E-state index is 5.71. The first-order valence-corrected chi connectivity index (χ1v) is 6.73. The van der Waals surface area contributed by atoms with Crippen LogP contribution in [0.2, 0.25) is 0 Å². The maximum atomic E-state index is 5.71. The van der Waals surface area contributed by atoms with E-state index in [2.05, 4.69) is 36.5 Å². The molecule has 1 aromatic carbocycles. The summed E-state index contributed by atoms with van der Waals surface area (Å²) in [7, 11) is 1.72. The highest BCUT2D eigenvalue weighted by Crippen LogP contribution is 2.12. The summed E-state index contributed by atoms with van der Waals surface area (Å²) in [5.74, 6) is 0. The summed E-state index contributed by atoms with van der Waals surface area (Å²) in [6.45, 7) is 5.42. The first-order valence-electron chi connectivity index (χ1n) is 6.73. The molecule has 0 heterocycles. The van der Waals surface area contributed by atoms with Crippen LogP contribution in [0.5, 0.6) is 0 Å². The molecular weight excluding hydrogens is 226 g/mol. The van der Waals surface area contributed by atoms with Crippen molar-refractivity contribution in [1.82, 2.24) is 5.32 Å². The molecule has 0 fully saturated rings. The van der Waals surface area contributed by atoms with Crippen molar-refractivity contribution in [3.8, 4) is 0 Å². The van der Waals surface area contributed by atoms with Crippen molar-refractivity contribution in [2.75, 3.05) is 33.5 Å². The van der Waals surface area contributed by atoms with Crippen molar-refractivity contribution in [3.05, 3.63) is 35.9 Å². The quantitative estimate of drug-likeness (QED) is 0.649. The summed E-state index contributed by atoms with van der Waals surface area (Å²) in [6.07, 6.45) is 2.08. The van der Waals surface area contributed by atoms with Gasteiger partial charge in [-0.3, -0.25) is 0 Å². The molecule has 1 unspecified atom stereocenters. The van der Waals surface area contributed by atoms with Gasteiger partial charge in [0.05, 0.1) is 12.6 Å². The summed E-state index contributed by atoms with van der Waals surface area (Å²) in [6, 6.07) is 10.8. The highest BCUT2D eigenvalue weighted by atomic mass is 16.5. The molecule has 0 spiro atoms. The molecule has 102 valence electrons. The smallest absolute Gasteiger partial charge is 0.0661 e. The van der Waals surface area contributed by atoms with Gasteiger partial charge in [-0.25, -0.2) is 0 Å². The van der Waals surface area contributed by atoms with E-state index in [9.17, 15) is 0 Å². The first-order chi connectivity index (χ1) is 8.88. The summed E-state index contributed by atoms with van der Waals surface area (Å²) < 4.78 is 10.7. The molecule has 0 saturated carbocycles. The summed E-state index contributed by atoms with van der Waals surface area (Å²) >= 11 is 0. The van der Waals surface area contributed by atoms with Gasteiger partial charge in [-0.05, 0) is 24.9 Å². The Labute approximate surface area is 110 Å². The lowest BCUT2D eigenvalue weighted by molar-refractivity contribution is 0.0875. The fourth-order valence-electron chi connectivity index (χ4n) is 1.78. The molecule has 0 aliphatic heterocycles. The average molecular weight is 251 g/mol. The number of rotatable bonds is 10. The third-order valence-electron chi connectivity index (χ3n) is 2.76. The lowest BCUT2D eigenvalue weighted by Crippen LogP contribution is -2.26. The minimum absolute atomic E-state index is 0.286. The van der Waals surface area contributed by atoms with Crippen LogP contribution in [-0.2, 0) is 9.47 Å². The van der Waals surface area contributed by atoms with Crippen molar-refractivity contribution in [1.29, 1.82) is 0 Å². The van der Waals surface area contributed by atoms with Gasteiger partial charge in [0.25, 0.3) is 0 Å². The standard InChI is InChI=1S/C15H25NO2/c1-3-10-16-15(13-18-12-7-11-17-2)14-8-5-4-6-9-14/h4-6,8-9,15-16H,3,7,10-13H2,1-2H3. The van der Waals surface area contributed by atoms with Gasteiger partial charge in [0.1, 0.15) is 0 Å². The molecule has 0 aliphatic rings. The molecular formula is C15H25NO2. The van der Waals surface area contributed by atoms with Crippen molar-refractivity contribution < 1.29 is 9.47 Å². The van der Waals surface area contributed by atoms with E-state index in [1.807, 2.05) is 6.07 Å². The first kappa shape index (κ1) is 15.2. The van der Waals surface area contributed by atoms with Crippen LogP contribution in [0.4, 0.5) is 0 Å². The van der Waals surface area contributed by atoms with Crippen LogP contribution in [0.25, 0.3) is 0 Å². The maximum Gasteiger partial charge on any atom is 0.0661 e. The molecule has 18 heavy (non-hydrogen) atoms. The Morgan fingerprint density at radius 1 is 1.17 bits per heavy atom. The highest BCUT2D eigenvalue weighted by molar-refractivity contribution is 5.18. The van der Waals surface area contributed by atoms with Gasteiger partial charge in [-0.1, -0.05) is 37.3 Å². The van der Waals surface area contributed by atoms with Crippen LogP contribution < -0.4 is 5.32 Å². The Hall–Kier alpha value is -0.900. The molecule has 0 aromatic heterocycles. The van der Waals surface area contributed by atoms with Crippen LogP contribution in [0.1, 0.15) is 31.4 Å². The van der Waals surface area contributed by atoms with E-state index in [0.717, 1.165) is 32.6 Å². The Balaban J connectivity index is 2.36. The molecule has 1 atom stereocenters. The summed E-state index contributed by atoms with van der Waals surface area (Å²) in [5.41, 5.74) is 1.29. The van der Waals surface area contributed by atoms with E-state index in [1.165, 1.54) is 5.56 Å². The number of hydrogen-bond donors (Lipinski definition) is 1. The van der Waals surface area contributed by atoms with E-state index >= 15 is 0 Å². The zero-order chi connectivity index (χ0) is 13.1. The second-order valence-electron chi connectivity index (χ2n) is 4.34. The second kappa shape index (κ2) is 10.1. The number of benzene rings is 1. The van der Waals surface area contributed by atoms with E-state index in [1.54, 1.807) is 7.11 Å². The van der Waals surface area contributed by atoms with Gasteiger partial charge >= 0.3 is 0 Å². The number of nitrogens with one attached hydrogen (secondary N) is 1. The Bertz CT molecular complexity index is 290. The number of ether oxygens (including phenoxy) is 2. The molecule has 0 saturated heterocycles. The van der Waals surface area contributed by atoms with Crippen molar-refractivity contribution in [2.45, 2.75) is 25.8 Å². The largest absolute Gasteiger partial charge is 0.385 e.